The zero-order chi connectivity index (χ0) is 13.2. The Kier molecular flexibility index (Phi) is 3.36. The van der Waals surface area contributed by atoms with E-state index in [1.807, 2.05) is 36.9 Å². The molecule has 0 aliphatic rings. The minimum atomic E-state index is -0.219. The summed E-state index contributed by atoms with van der Waals surface area (Å²) in [5, 5.41) is 13.1. The monoisotopic (exact) mass is 244 g/mol. The van der Waals surface area contributed by atoms with Crippen LogP contribution in [-0.4, -0.2) is 15.6 Å². The van der Waals surface area contributed by atoms with Gasteiger partial charge in [0.1, 0.15) is 0 Å². The number of benzene rings is 1. The summed E-state index contributed by atoms with van der Waals surface area (Å²) in [6, 6.07) is 8.20. The van der Waals surface area contributed by atoms with Gasteiger partial charge in [-0.3, -0.25) is 10.1 Å². The van der Waals surface area contributed by atoms with E-state index in [0.29, 0.717) is 0 Å². The van der Waals surface area contributed by atoms with Crippen LogP contribution in [0.25, 0.3) is 10.9 Å². The lowest BCUT2D eigenvalue weighted by molar-refractivity contribution is 0.423. The first kappa shape index (κ1) is 12.6. The Morgan fingerprint density at radius 3 is 2.83 bits per heavy atom. The molecule has 0 fully saturated rings. The van der Waals surface area contributed by atoms with Crippen LogP contribution in [0.5, 0.6) is 0 Å². The molecule has 3 N–H and O–H groups in total. The quantitative estimate of drug-likeness (QED) is 0.627. The Labute approximate surface area is 107 Å². The molecule has 4 heteroatoms. The molecule has 0 aliphatic heterocycles. The molecule has 1 aromatic heterocycles. The Hall–Kier alpha value is -1.84. The average molecular weight is 244 g/mol. The second-order valence-electron chi connectivity index (χ2n) is 5.33. The van der Waals surface area contributed by atoms with Gasteiger partial charge < -0.3 is 5.73 Å². The predicted octanol–water partition coefficient (Wildman–Crippen LogP) is 2.78. The summed E-state index contributed by atoms with van der Waals surface area (Å²) in [5.74, 6) is 0.257. The largest absolute Gasteiger partial charge is 0.387 e. The van der Waals surface area contributed by atoms with E-state index < -0.39 is 0 Å². The number of fused-ring (bicyclic) bond motifs is 1. The first-order chi connectivity index (χ1) is 8.50. The topological polar surface area (TPSA) is 67.7 Å². The molecule has 4 nitrogen and oxygen atoms in total. The van der Waals surface area contributed by atoms with Gasteiger partial charge in [-0.25, -0.2) is 0 Å². The third kappa shape index (κ3) is 2.53. The molecule has 96 valence electrons. The van der Waals surface area contributed by atoms with Crippen LogP contribution >= 0.6 is 0 Å². The molecule has 2 rings (SSSR count). The Morgan fingerprint density at radius 2 is 2.11 bits per heavy atom. The van der Waals surface area contributed by atoms with Crippen LogP contribution < -0.4 is 5.73 Å². The fourth-order valence-electron chi connectivity index (χ4n) is 2.01. The van der Waals surface area contributed by atoms with Gasteiger partial charge in [0.2, 0.25) is 0 Å². The van der Waals surface area contributed by atoms with E-state index in [9.17, 15) is 0 Å². The first-order valence-corrected chi connectivity index (χ1v) is 6.26. The SMILES string of the molecule is CC(C)(CCCn1ncc2ccccc21)C(=N)N. The Balaban J connectivity index is 2.01. The Bertz CT molecular complexity index is 554. The lowest BCUT2D eigenvalue weighted by Crippen LogP contribution is -2.31. The molecule has 0 aliphatic carbocycles. The summed E-state index contributed by atoms with van der Waals surface area (Å²) in [7, 11) is 0. The molecular formula is C14H20N4. The minimum absolute atomic E-state index is 0.219. The molecule has 0 atom stereocenters. The second-order valence-corrected chi connectivity index (χ2v) is 5.33. The van der Waals surface area contributed by atoms with Gasteiger partial charge in [0.25, 0.3) is 0 Å². The van der Waals surface area contributed by atoms with Crippen molar-refractivity contribution in [1.29, 1.82) is 5.41 Å². The van der Waals surface area contributed by atoms with Crippen LogP contribution in [0.2, 0.25) is 0 Å². The molecule has 0 radical (unpaired) electrons. The molecule has 18 heavy (non-hydrogen) atoms. The van der Waals surface area contributed by atoms with Gasteiger partial charge in [0, 0.05) is 17.3 Å². The number of aromatic nitrogens is 2. The molecule has 1 aromatic carbocycles. The standard InChI is InChI=1S/C14H20N4/c1-14(2,13(15)16)8-5-9-18-12-7-4-3-6-11(12)10-17-18/h3-4,6-7,10H,5,8-9H2,1-2H3,(H3,15,16). The summed E-state index contributed by atoms with van der Waals surface area (Å²) in [6.45, 7) is 4.89. The first-order valence-electron chi connectivity index (χ1n) is 6.26. The van der Waals surface area contributed by atoms with Gasteiger partial charge in [0.15, 0.2) is 0 Å². The molecule has 0 bridgehead atoms. The van der Waals surface area contributed by atoms with E-state index in [4.69, 9.17) is 11.1 Å². The predicted molar refractivity (Wildman–Crippen MR) is 74.7 cm³/mol. The van der Waals surface area contributed by atoms with Crippen LogP contribution in [0.1, 0.15) is 26.7 Å². The van der Waals surface area contributed by atoms with Gasteiger partial charge in [-0.15, -0.1) is 0 Å². The van der Waals surface area contributed by atoms with Gasteiger partial charge in [-0.05, 0) is 18.9 Å². The van der Waals surface area contributed by atoms with Crippen molar-refractivity contribution in [1.82, 2.24) is 9.78 Å². The third-order valence-electron chi connectivity index (χ3n) is 3.45. The summed E-state index contributed by atoms with van der Waals surface area (Å²) in [6.07, 6.45) is 3.76. The number of nitrogens with zero attached hydrogens (tertiary/aromatic N) is 2. The fraction of sp³-hybridized carbons (Fsp3) is 0.429. The highest BCUT2D eigenvalue weighted by Gasteiger charge is 2.20. The smallest absolute Gasteiger partial charge is 0.0963 e. The maximum Gasteiger partial charge on any atom is 0.0963 e. The van der Waals surface area contributed by atoms with Crippen molar-refractivity contribution in [2.75, 3.05) is 0 Å². The maximum atomic E-state index is 7.54. The van der Waals surface area contributed by atoms with Gasteiger partial charge >= 0.3 is 0 Å². The van der Waals surface area contributed by atoms with Gasteiger partial charge in [-0.1, -0.05) is 32.0 Å². The number of hydrogen-bond donors (Lipinski definition) is 2. The van der Waals surface area contributed by atoms with E-state index in [-0.39, 0.29) is 11.3 Å². The molecule has 1 heterocycles. The molecular weight excluding hydrogens is 224 g/mol. The highest BCUT2D eigenvalue weighted by atomic mass is 15.3. The molecule has 0 saturated carbocycles. The van der Waals surface area contributed by atoms with Crippen LogP contribution in [0, 0.1) is 10.8 Å². The number of nitrogens with one attached hydrogen (secondary N) is 1. The maximum absolute atomic E-state index is 7.54. The number of nitrogens with two attached hydrogens (primary N) is 1. The molecule has 0 spiro atoms. The van der Waals surface area contributed by atoms with E-state index >= 15 is 0 Å². The van der Waals surface area contributed by atoms with E-state index in [2.05, 4.69) is 17.2 Å². The normalized spacial score (nSPS) is 11.9. The lowest BCUT2D eigenvalue weighted by Gasteiger charge is -2.22. The third-order valence-corrected chi connectivity index (χ3v) is 3.45. The van der Waals surface area contributed by atoms with Gasteiger partial charge in [-0.2, -0.15) is 5.10 Å². The summed E-state index contributed by atoms with van der Waals surface area (Å²) in [4.78, 5) is 0. The molecule has 0 saturated heterocycles. The second kappa shape index (κ2) is 4.80. The highest BCUT2D eigenvalue weighted by molar-refractivity contribution is 5.82. The number of aryl methyl sites for hydroxylation is 1. The molecule has 0 unspecified atom stereocenters. The van der Waals surface area contributed by atoms with E-state index in [0.717, 1.165) is 24.9 Å². The number of para-hydroxylation sites is 1. The van der Waals surface area contributed by atoms with E-state index in [1.54, 1.807) is 0 Å². The van der Waals surface area contributed by atoms with Crippen molar-refractivity contribution in [3.8, 4) is 0 Å². The highest BCUT2D eigenvalue weighted by Crippen LogP contribution is 2.22. The van der Waals surface area contributed by atoms with Crippen molar-refractivity contribution in [2.45, 2.75) is 33.2 Å². The average Bonchev–Trinajstić information content (AvgIpc) is 2.72. The van der Waals surface area contributed by atoms with Crippen LogP contribution in [-0.2, 0) is 6.54 Å². The fourth-order valence-corrected chi connectivity index (χ4v) is 2.01. The van der Waals surface area contributed by atoms with E-state index in [1.165, 1.54) is 5.39 Å². The zero-order valence-corrected chi connectivity index (χ0v) is 11.0. The van der Waals surface area contributed by atoms with Crippen molar-refractivity contribution in [2.24, 2.45) is 11.1 Å². The van der Waals surface area contributed by atoms with Gasteiger partial charge in [0.05, 0.1) is 17.5 Å². The summed E-state index contributed by atoms with van der Waals surface area (Å²) >= 11 is 0. The minimum Gasteiger partial charge on any atom is -0.387 e. The van der Waals surface area contributed by atoms with Crippen molar-refractivity contribution in [3.63, 3.8) is 0 Å². The number of rotatable bonds is 5. The summed E-state index contributed by atoms with van der Waals surface area (Å²) < 4.78 is 2.02. The van der Waals surface area contributed by atoms with Crippen LogP contribution in [0.15, 0.2) is 30.5 Å². The van der Waals surface area contributed by atoms with Crippen molar-refractivity contribution < 1.29 is 0 Å². The molecule has 0 amide bonds. The van der Waals surface area contributed by atoms with Crippen molar-refractivity contribution >= 4 is 16.7 Å². The van der Waals surface area contributed by atoms with Crippen LogP contribution in [0.3, 0.4) is 0 Å². The summed E-state index contributed by atoms with van der Waals surface area (Å²) in [5.41, 5.74) is 6.53. The number of amidine groups is 1. The zero-order valence-electron chi connectivity index (χ0n) is 11.0. The number of hydrogen-bond acceptors (Lipinski definition) is 2. The molecule has 2 aromatic rings. The lowest BCUT2D eigenvalue weighted by atomic mass is 9.87. The Morgan fingerprint density at radius 1 is 1.39 bits per heavy atom. The van der Waals surface area contributed by atoms with Crippen LogP contribution in [0.4, 0.5) is 0 Å². The van der Waals surface area contributed by atoms with Crippen molar-refractivity contribution in [3.05, 3.63) is 30.5 Å².